The van der Waals surface area contributed by atoms with Crippen LogP contribution in [0.25, 0.3) is 0 Å². The summed E-state index contributed by atoms with van der Waals surface area (Å²) >= 11 is 1.99. The Bertz CT molecular complexity index is 179. The van der Waals surface area contributed by atoms with Gasteiger partial charge in [0.1, 0.15) is 0 Å². The Morgan fingerprint density at radius 1 is 1.50 bits per heavy atom. The van der Waals surface area contributed by atoms with Gasteiger partial charge >= 0.3 is 6.03 Å². The van der Waals surface area contributed by atoms with Crippen LogP contribution >= 0.6 is 22.6 Å². The molecule has 0 saturated heterocycles. The fourth-order valence-corrected chi connectivity index (χ4v) is 0.370. The lowest BCUT2D eigenvalue weighted by Crippen LogP contribution is -2.43. The van der Waals surface area contributed by atoms with E-state index in [1.807, 2.05) is 50.3 Å². The summed E-state index contributed by atoms with van der Waals surface area (Å²) in [7, 11) is 0. The van der Waals surface area contributed by atoms with Crippen LogP contribution in [0.5, 0.6) is 0 Å². The van der Waals surface area contributed by atoms with Crippen molar-refractivity contribution >= 4 is 28.6 Å². The van der Waals surface area contributed by atoms with Gasteiger partial charge in [-0.1, -0.05) is 5.92 Å². The van der Waals surface area contributed by atoms with Crippen molar-refractivity contribution in [1.82, 2.24) is 5.32 Å². The zero-order chi connectivity index (χ0) is 10.2. The summed E-state index contributed by atoms with van der Waals surface area (Å²) in [6.07, 6.45) is 0. The first kappa shape index (κ1) is 14.1. The van der Waals surface area contributed by atoms with Gasteiger partial charge in [-0.15, -0.1) is 0 Å². The Balaban J connectivity index is 0. The van der Waals surface area contributed by atoms with Crippen molar-refractivity contribution in [2.45, 2.75) is 33.2 Å². The molecule has 4 heteroatoms. The average Bonchev–Trinajstić information content (AvgIpc) is 1.83. The van der Waals surface area contributed by atoms with Gasteiger partial charge < -0.3 is 11.1 Å². The van der Waals surface area contributed by atoms with E-state index in [1.165, 1.54) is 0 Å². The summed E-state index contributed by atoms with van der Waals surface area (Å²) in [5.74, 6) is 2.67. The highest BCUT2D eigenvalue weighted by Crippen LogP contribution is 1.95. The van der Waals surface area contributed by atoms with Crippen LogP contribution in [0.1, 0.15) is 27.7 Å². The molecule has 0 fully saturated rings. The summed E-state index contributed by atoms with van der Waals surface area (Å²) in [6, 6.07) is -0.475. The van der Waals surface area contributed by atoms with E-state index in [1.54, 1.807) is 0 Å². The minimum Gasteiger partial charge on any atom is -0.352 e. The third-order valence-corrected chi connectivity index (χ3v) is 1.13. The summed E-state index contributed by atoms with van der Waals surface area (Å²) < 4.78 is 2.65. The molecule has 0 aromatic carbocycles. The van der Waals surface area contributed by atoms with Crippen LogP contribution in [0.3, 0.4) is 0 Å². The smallest absolute Gasteiger partial charge is 0.312 e. The van der Waals surface area contributed by atoms with E-state index in [0.29, 0.717) is 0 Å². The number of primary amides is 1. The number of urea groups is 1. The molecule has 0 atom stereocenters. The maximum absolute atomic E-state index is 10.1. The number of carbonyl (C=O) groups excluding carboxylic acids is 1. The van der Waals surface area contributed by atoms with Crippen LogP contribution < -0.4 is 11.1 Å². The first-order valence-corrected chi connectivity index (χ1v) is 4.51. The second-order valence-corrected chi connectivity index (χ2v) is 3.62. The van der Waals surface area contributed by atoms with Crippen LogP contribution in [-0.4, -0.2) is 11.6 Å². The fraction of sp³-hybridized carbons (Fsp3) is 0.625. The predicted octanol–water partition coefficient (Wildman–Crippen LogP) is 1.86. The van der Waals surface area contributed by atoms with Gasteiger partial charge in [0.15, 0.2) is 0 Å². The number of halogens is 1. The zero-order valence-electron chi connectivity index (χ0n) is 7.86. The average molecular weight is 282 g/mol. The van der Waals surface area contributed by atoms with E-state index in [2.05, 4.69) is 15.2 Å². The molecule has 0 bridgehead atoms. The van der Waals surface area contributed by atoms with Crippen LogP contribution in [0.2, 0.25) is 0 Å². The van der Waals surface area contributed by atoms with Gasteiger partial charge in [-0.3, -0.25) is 0 Å². The first-order valence-electron chi connectivity index (χ1n) is 3.43. The van der Waals surface area contributed by atoms with Gasteiger partial charge in [0.25, 0.3) is 0 Å². The standard InChI is InChI=1S/C5H12N2O.C3H3I/c1-5(2,3)7-4(6)8;1-2-3-4/h1-3H3,(H3,6,7,8);1H3. The molecule has 0 radical (unpaired) electrons. The number of carbonyl (C=O) groups is 1. The Labute approximate surface area is 87.6 Å². The topological polar surface area (TPSA) is 55.1 Å². The van der Waals surface area contributed by atoms with Gasteiger partial charge in [-0.2, -0.15) is 0 Å². The number of nitrogens with one attached hydrogen (secondary N) is 1. The SMILES string of the molecule is CC#CI.CC(C)(C)NC(N)=O. The highest BCUT2D eigenvalue weighted by atomic mass is 127. The number of nitrogens with two attached hydrogens (primary N) is 1. The Morgan fingerprint density at radius 2 is 1.83 bits per heavy atom. The molecule has 0 aromatic rings. The van der Waals surface area contributed by atoms with Gasteiger partial charge in [-0.25, -0.2) is 4.79 Å². The summed E-state index contributed by atoms with van der Waals surface area (Å²) in [5, 5.41) is 2.52. The minimum atomic E-state index is -0.475. The quantitative estimate of drug-likeness (QED) is 0.517. The van der Waals surface area contributed by atoms with Gasteiger partial charge in [0.2, 0.25) is 0 Å². The lowest BCUT2D eigenvalue weighted by molar-refractivity contribution is 0.240. The molecule has 0 unspecified atom stereocenters. The minimum absolute atomic E-state index is 0.203. The molecular weight excluding hydrogens is 267 g/mol. The molecule has 0 aliphatic rings. The van der Waals surface area contributed by atoms with Gasteiger partial charge in [0.05, 0.1) is 0 Å². The van der Waals surface area contributed by atoms with Crippen molar-refractivity contribution in [2.75, 3.05) is 0 Å². The maximum Gasteiger partial charge on any atom is 0.312 e. The Hall–Kier alpha value is -0.440. The van der Waals surface area contributed by atoms with Gasteiger partial charge in [0, 0.05) is 28.1 Å². The van der Waals surface area contributed by atoms with Crippen LogP contribution in [0.15, 0.2) is 0 Å². The van der Waals surface area contributed by atoms with Crippen molar-refractivity contribution in [1.29, 1.82) is 0 Å². The molecule has 2 amide bonds. The molecule has 0 rings (SSSR count). The molecular formula is C8H15IN2O. The maximum atomic E-state index is 10.1. The number of amides is 2. The van der Waals surface area contributed by atoms with Crippen molar-refractivity contribution in [3.05, 3.63) is 0 Å². The van der Waals surface area contributed by atoms with E-state index in [-0.39, 0.29) is 5.54 Å². The second-order valence-electron chi connectivity index (χ2n) is 3.08. The first-order chi connectivity index (χ1) is 5.33. The molecule has 0 saturated carbocycles. The van der Waals surface area contributed by atoms with E-state index in [0.717, 1.165) is 0 Å². The van der Waals surface area contributed by atoms with Crippen LogP contribution in [-0.2, 0) is 0 Å². The highest BCUT2D eigenvalue weighted by molar-refractivity contribution is 14.1. The molecule has 12 heavy (non-hydrogen) atoms. The fourth-order valence-electron chi connectivity index (χ4n) is 0.370. The van der Waals surface area contributed by atoms with Crippen molar-refractivity contribution in [2.24, 2.45) is 5.73 Å². The Kier molecular flexibility index (Phi) is 8.49. The van der Waals surface area contributed by atoms with E-state index in [9.17, 15) is 4.79 Å². The van der Waals surface area contributed by atoms with E-state index >= 15 is 0 Å². The van der Waals surface area contributed by atoms with E-state index < -0.39 is 6.03 Å². The Morgan fingerprint density at radius 3 is 1.83 bits per heavy atom. The van der Waals surface area contributed by atoms with Crippen LogP contribution in [0, 0.1) is 9.85 Å². The zero-order valence-corrected chi connectivity index (χ0v) is 10.0. The molecule has 0 aromatic heterocycles. The highest BCUT2D eigenvalue weighted by Gasteiger charge is 2.09. The monoisotopic (exact) mass is 282 g/mol. The summed E-state index contributed by atoms with van der Waals surface area (Å²) in [6.45, 7) is 7.43. The van der Waals surface area contributed by atoms with Crippen molar-refractivity contribution in [3.8, 4) is 9.85 Å². The number of hydrogen-bond donors (Lipinski definition) is 2. The largest absolute Gasteiger partial charge is 0.352 e. The molecule has 0 aliphatic carbocycles. The third-order valence-electron chi connectivity index (χ3n) is 0.593. The molecule has 70 valence electrons. The number of hydrogen-bond acceptors (Lipinski definition) is 1. The molecule has 0 heterocycles. The molecule has 3 N–H and O–H groups in total. The molecule has 0 spiro atoms. The summed E-state index contributed by atoms with van der Waals surface area (Å²) in [5.41, 5.74) is 4.63. The molecule has 0 aliphatic heterocycles. The molecule has 3 nitrogen and oxygen atoms in total. The van der Waals surface area contributed by atoms with Crippen molar-refractivity contribution < 1.29 is 4.79 Å². The lowest BCUT2D eigenvalue weighted by atomic mass is 10.1. The third kappa shape index (κ3) is 22.7. The summed E-state index contributed by atoms with van der Waals surface area (Å²) in [4.78, 5) is 10.1. The predicted molar refractivity (Wildman–Crippen MR) is 59.9 cm³/mol. The normalized spacial score (nSPS) is 8.42. The van der Waals surface area contributed by atoms with Gasteiger partial charge in [-0.05, 0) is 31.6 Å². The lowest BCUT2D eigenvalue weighted by Gasteiger charge is -2.17. The van der Waals surface area contributed by atoms with Crippen molar-refractivity contribution in [3.63, 3.8) is 0 Å². The second kappa shape index (κ2) is 7.22. The van der Waals surface area contributed by atoms with E-state index in [4.69, 9.17) is 5.73 Å². The number of rotatable bonds is 0. The van der Waals surface area contributed by atoms with Crippen LogP contribution in [0.4, 0.5) is 4.79 Å².